The van der Waals surface area contributed by atoms with Crippen molar-refractivity contribution in [3.63, 3.8) is 0 Å². The molecule has 1 amide bonds. The Balaban J connectivity index is 1.22. The molecule has 0 aromatic heterocycles. The molecule has 3 fully saturated rings. The minimum atomic E-state index is -3.11. The van der Waals surface area contributed by atoms with Crippen molar-refractivity contribution >= 4 is 19.3 Å². The topological polar surface area (TPSA) is 114 Å². The molecule has 188 valence electrons. The monoisotopic (exact) mass is 512 g/mol. The fourth-order valence-electron chi connectivity index (χ4n) is 4.98. The second kappa shape index (κ2) is 8.01. The quantitative estimate of drug-likeness (QED) is 0.223. The molecule has 0 N–H and O–H groups in total. The van der Waals surface area contributed by atoms with E-state index in [-0.39, 0.29) is 29.7 Å². The minimum Gasteiger partial charge on any atom is -0.489 e. The molecule has 2 saturated heterocycles. The summed E-state index contributed by atoms with van der Waals surface area (Å²) in [5.74, 6) is 0.466. The first-order chi connectivity index (χ1) is 17.4. The molecule has 5 aliphatic rings. The Morgan fingerprint density at radius 2 is 1.81 bits per heavy atom. The van der Waals surface area contributed by atoms with Gasteiger partial charge in [-0.1, -0.05) is 6.07 Å². The number of amides is 1. The second-order valence-electron chi connectivity index (χ2n) is 9.80. The van der Waals surface area contributed by atoms with Crippen molar-refractivity contribution in [1.29, 1.82) is 0 Å². The number of nitrogens with zero attached hydrogens (tertiary/aromatic N) is 4. The molecule has 7 rings (SSSR count). The van der Waals surface area contributed by atoms with Crippen molar-refractivity contribution in [3.8, 4) is 17.2 Å². The fourth-order valence-corrected chi connectivity index (χ4v) is 7.35. The summed E-state index contributed by atoms with van der Waals surface area (Å²) in [6, 6.07) is 8.47. The molecule has 2 aromatic rings. The SMILES string of the molecule is O=C1c2cc(Oc3c([N+](=O)[O-])ccc4c3OCC[C@@H]4OP(=O)(N3CC3)N3CC3)ccc2CN1C1CC1. The van der Waals surface area contributed by atoms with Gasteiger partial charge in [0.05, 0.1) is 17.6 Å². The largest absolute Gasteiger partial charge is 0.489 e. The molecule has 0 unspecified atom stereocenters. The summed E-state index contributed by atoms with van der Waals surface area (Å²) in [6.45, 7) is 3.74. The van der Waals surface area contributed by atoms with Crippen LogP contribution in [0.4, 0.5) is 5.69 Å². The van der Waals surface area contributed by atoms with Crippen molar-refractivity contribution in [1.82, 2.24) is 14.2 Å². The van der Waals surface area contributed by atoms with Crippen molar-refractivity contribution in [2.75, 3.05) is 32.8 Å². The van der Waals surface area contributed by atoms with Crippen LogP contribution in [0.3, 0.4) is 0 Å². The van der Waals surface area contributed by atoms with Gasteiger partial charge in [-0.25, -0.2) is 9.34 Å². The zero-order chi connectivity index (χ0) is 24.6. The van der Waals surface area contributed by atoms with E-state index in [1.165, 1.54) is 6.07 Å². The summed E-state index contributed by atoms with van der Waals surface area (Å²) in [5.41, 5.74) is 1.81. The summed E-state index contributed by atoms with van der Waals surface area (Å²) >= 11 is 0. The summed E-state index contributed by atoms with van der Waals surface area (Å²) in [7, 11) is -3.11. The van der Waals surface area contributed by atoms with Gasteiger partial charge in [0.15, 0.2) is 5.75 Å². The molecule has 0 spiro atoms. The third kappa shape index (κ3) is 3.69. The Bertz CT molecular complexity index is 1320. The average molecular weight is 512 g/mol. The highest BCUT2D eigenvalue weighted by Crippen LogP contribution is 2.64. The number of carbonyl (C=O) groups is 1. The molecule has 12 heteroatoms. The number of hydrogen-bond acceptors (Lipinski definition) is 7. The maximum absolute atomic E-state index is 13.6. The van der Waals surface area contributed by atoms with E-state index in [1.807, 2.05) is 20.3 Å². The molecular weight excluding hydrogens is 487 g/mol. The Morgan fingerprint density at radius 3 is 2.47 bits per heavy atom. The fraction of sp³-hybridized carbons (Fsp3) is 0.458. The number of nitro groups is 1. The first-order valence-electron chi connectivity index (χ1n) is 12.3. The van der Waals surface area contributed by atoms with E-state index in [0.717, 1.165) is 44.6 Å². The molecule has 4 aliphatic heterocycles. The van der Waals surface area contributed by atoms with Crippen LogP contribution >= 0.6 is 7.67 Å². The van der Waals surface area contributed by atoms with Crippen molar-refractivity contribution < 1.29 is 28.3 Å². The van der Waals surface area contributed by atoms with Crippen molar-refractivity contribution in [2.24, 2.45) is 0 Å². The van der Waals surface area contributed by atoms with Gasteiger partial charge in [0.1, 0.15) is 5.75 Å². The average Bonchev–Trinajstić information content (AvgIpc) is 3.72. The summed E-state index contributed by atoms with van der Waals surface area (Å²) in [5, 5.41) is 11.9. The number of hydrogen-bond donors (Lipinski definition) is 0. The number of nitro benzene ring substituents is 1. The Morgan fingerprint density at radius 1 is 1.06 bits per heavy atom. The zero-order valence-electron chi connectivity index (χ0n) is 19.5. The lowest BCUT2D eigenvalue weighted by molar-refractivity contribution is -0.385. The van der Waals surface area contributed by atoms with Gasteiger partial charge in [-0.15, -0.1) is 0 Å². The van der Waals surface area contributed by atoms with Crippen LogP contribution in [0.2, 0.25) is 0 Å². The lowest BCUT2D eigenvalue weighted by Crippen LogP contribution is -2.25. The van der Waals surface area contributed by atoms with E-state index >= 15 is 0 Å². The number of carbonyl (C=O) groups excluding carboxylic acids is 1. The van der Waals surface area contributed by atoms with E-state index in [9.17, 15) is 19.5 Å². The molecule has 1 atom stereocenters. The van der Waals surface area contributed by atoms with E-state index < -0.39 is 18.7 Å². The number of ether oxygens (including phenoxy) is 2. The number of rotatable bonds is 8. The van der Waals surface area contributed by atoms with Gasteiger partial charge < -0.3 is 14.4 Å². The molecular formula is C24H25N4O7P. The van der Waals surface area contributed by atoms with Gasteiger partial charge in [0, 0.05) is 62.4 Å². The van der Waals surface area contributed by atoms with E-state index in [2.05, 4.69) is 0 Å². The van der Waals surface area contributed by atoms with Gasteiger partial charge in [0.2, 0.25) is 5.75 Å². The molecule has 11 nitrogen and oxygen atoms in total. The summed E-state index contributed by atoms with van der Waals surface area (Å²) in [6.07, 6.45) is 1.97. The van der Waals surface area contributed by atoms with Crippen LogP contribution in [0, 0.1) is 10.1 Å². The maximum Gasteiger partial charge on any atom is 0.346 e. The lowest BCUT2D eigenvalue weighted by Gasteiger charge is -2.31. The third-order valence-corrected chi connectivity index (χ3v) is 10.00. The number of benzene rings is 2. The third-order valence-electron chi connectivity index (χ3n) is 7.24. The predicted molar refractivity (Wildman–Crippen MR) is 127 cm³/mol. The zero-order valence-corrected chi connectivity index (χ0v) is 20.4. The van der Waals surface area contributed by atoms with Gasteiger partial charge in [-0.05, 0) is 36.6 Å². The van der Waals surface area contributed by atoms with Crippen LogP contribution < -0.4 is 9.47 Å². The lowest BCUT2D eigenvalue weighted by atomic mass is 10.0. The molecule has 1 aliphatic carbocycles. The van der Waals surface area contributed by atoms with Crippen LogP contribution in [0.5, 0.6) is 17.2 Å². The molecule has 1 saturated carbocycles. The van der Waals surface area contributed by atoms with Crippen LogP contribution in [0.15, 0.2) is 30.3 Å². The Hall–Kier alpha value is -2.98. The smallest absolute Gasteiger partial charge is 0.346 e. The minimum absolute atomic E-state index is 0.0341. The van der Waals surface area contributed by atoms with Crippen LogP contribution in [0.25, 0.3) is 0 Å². The van der Waals surface area contributed by atoms with Crippen molar-refractivity contribution in [3.05, 3.63) is 57.1 Å². The highest BCUT2D eigenvalue weighted by atomic mass is 31.2. The molecule has 2 aromatic carbocycles. The Kier molecular flexibility index (Phi) is 4.95. The number of fused-ring (bicyclic) bond motifs is 2. The molecule has 0 radical (unpaired) electrons. The van der Waals surface area contributed by atoms with Crippen LogP contribution in [-0.2, 0) is 15.6 Å². The van der Waals surface area contributed by atoms with E-state index in [1.54, 1.807) is 18.2 Å². The van der Waals surface area contributed by atoms with E-state index in [0.29, 0.717) is 35.9 Å². The van der Waals surface area contributed by atoms with Gasteiger partial charge in [-0.3, -0.25) is 24.0 Å². The molecule has 36 heavy (non-hydrogen) atoms. The predicted octanol–water partition coefficient (Wildman–Crippen LogP) is 4.08. The van der Waals surface area contributed by atoms with Crippen LogP contribution in [0.1, 0.15) is 46.9 Å². The summed E-state index contributed by atoms with van der Waals surface area (Å²) in [4.78, 5) is 26.1. The van der Waals surface area contributed by atoms with Gasteiger partial charge in [0.25, 0.3) is 5.91 Å². The van der Waals surface area contributed by atoms with Gasteiger partial charge >= 0.3 is 13.4 Å². The summed E-state index contributed by atoms with van der Waals surface area (Å²) < 4.78 is 35.5. The first kappa shape index (κ1) is 22.2. The first-order valence-corrected chi connectivity index (χ1v) is 13.8. The standard InChI is InChI=1S/C24H25N4O7P/c29-24-19-13-17(4-1-15(19)14-27(24)16-2-3-16)34-23-20(28(30)31)6-5-18-21(7-12-33-22(18)23)35-36(32,25-8-9-25)26-10-11-26/h1,4-6,13,16,21H,2-3,7-12,14H2/t21-/m0/s1. The highest BCUT2D eigenvalue weighted by molar-refractivity contribution is 7.54. The normalized spacial score (nSPS) is 23.2. The second-order valence-corrected chi connectivity index (χ2v) is 12.1. The highest BCUT2D eigenvalue weighted by Gasteiger charge is 2.51. The van der Waals surface area contributed by atoms with Gasteiger partial charge in [-0.2, -0.15) is 0 Å². The molecule has 0 bridgehead atoms. The van der Waals surface area contributed by atoms with Crippen LogP contribution in [-0.4, -0.2) is 63.9 Å². The molecule has 4 heterocycles. The Labute approximate surface area is 207 Å². The van der Waals surface area contributed by atoms with Crippen molar-refractivity contribution in [2.45, 2.75) is 38.0 Å². The maximum atomic E-state index is 13.6. The van der Waals surface area contributed by atoms with E-state index in [4.69, 9.17) is 14.0 Å².